The minimum atomic E-state index is -4.55. The summed E-state index contributed by atoms with van der Waals surface area (Å²) in [5.74, 6) is -0.207. The molecule has 0 bridgehead atoms. The quantitative estimate of drug-likeness (QED) is 0.567. The van der Waals surface area contributed by atoms with Crippen molar-refractivity contribution in [2.75, 3.05) is 44.2 Å². The summed E-state index contributed by atoms with van der Waals surface area (Å²) in [6, 6.07) is 5.33. The molecular weight excluding hydrogens is 438 g/mol. The fourth-order valence-corrected chi connectivity index (χ4v) is 5.34. The molecule has 3 aliphatic heterocycles. The normalized spacial score (nSPS) is 22.6. The summed E-state index contributed by atoms with van der Waals surface area (Å²) in [6.07, 6.45) is -1.60. The van der Waals surface area contributed by atoms with Crippen LogP contribution in [-0.2, 0) is 11.3 Å². The van der Waals surface area contributed by atoms with E-state index < -0.39 is 18.4 Å². The highest BCUT2D eigenvalue weighted by Crippen LogP contribution is 2.41. The van der Waals surface area contributed by atoms with E-state index in [1.165, 1.54) is 11.3 Å². The van der Waals surface area contributed by atoms with Gasteiger partial charge in [0.1, 0.15) is 5.82 Å². The Hall–Kier alpha value is -2.03. The van der Waals surface area contributed by atoms with Crippen LogP contribution in [0.4, 0.5) is 28.0 Å². The smallest absolute Gasteiger partial charge is 0.425 e. The first-order valence-electron chi connectivity index (χ1n) is 11.9. The van der Waals surface area contributed by atoms with Gasteiger partial charge in [-0.2, -0.15) is 13.2 Å². The molecular formula is C24H33F4N3O2. The van der Waals surface area contributed by atoms with Crippen LogP contribution in [0.2, 0.25) is 0 Å². The number of likely N-dealkylation sites (tertiary alicyclic amines) is 2. The number of alkyl halides is 3. The van der Waals surface area contributed by atoms with Crippen LogP contribution in [0.1, 0.15) is 51.0 Å². The summed E-state index contributed by atoms with van der Waals surface area (Å²) in [7, 11) is 0. The Bertz CT molecular complexity index is 833. The van der Waals surface area contributed by atoms with Crippen LogP contribution in [-0.4, -0.2) is 67.4 Å². The molecule has 1 aromatic carbocycles. The van der Waals surface area contributed by atoms with Gasteiger partial charge in [-0.25, -0.2) is 9.18 Å². The van der Waals surface area contributed by atoms with Crippen molar-refractivity contribution in [3.05, 3.63) is 29.6 Å². The number of hydrogen-bond donors (Lipinski definition) is 0. The van der Waals surface area contributed by atoms with Gasteiger partial charge in [0.25, 0.3) is 0 Å². The molecule has 4 rings (SSSR count). The van der Waals surface area contributed by atoms with Crippen molar-refractivity contribution in [2.24, 2.45) is 5.41 Å². The zero-order valence-electron chi connectivity index (χ0n) is 19.2. The number of halogens is 4. The molecule has 184 valence electrons. The van der Waals surface area contributed by atoms with Crippen LogP contribution >= 0.6 is 0 Å². The molecule has 3 fully saturated rings. The molecule has 0 N–H and O–H groups in total. The lowest BCUT2D eigenvalue weighted by atomic mass is 9.78. The summed E-state index contributed by atoms with van der Waals surface area (Å²) in [6.45, 7) is 6.01. The number of hydrogen-bond acceptors (Lipinski definition) is 4. The predicted octanol–water partition coefficient (Wildman–Crippen LogP) is 5.19. The highest BCUT2D eigenvalue weighted by Gasteiger charge is 2.43. The molecule has 3 saturated heterocycles. The molecule has 3 aliphatic rings. The average molecular weight is 472 g/mol. The van der Waals surface area contributed by atoms with Crippen molar-refractivity contribution in [2.45, 2.75) is 64.3 Å². The standard InChI is InChI=1S/C24H33F4N3O2/c1-18(24(26,27)28)33-22(32)31-11-6-23(7-12-31)5-10-29(17-23)16-19-13-20(25)15-21(14-19)30-8-3-2-4-9-30/h13-15,18H,2-12,16-17H2,1H3. The van der Waals surface area contributed by atoms with Gasteiger partial charge in [0.05, 0.1) is 0 Å². The maximum atomic E-state index is 14.3. The zero-order valence-corrected chi connectivity index (χ0v) is 19.2. The highest BCUT2D eigenvalue weighted by molar-refractivity contribution is 5.68. The number of nitrogens with zero attached hydrogens (tertiary/aromatic N) is 3. The third-order valence-electron chi connectivity index (χ3n) is 7.41. The van der Waals surface area contributed by atoms with E-state index in [4.69, 9.17) is 0 Å². The fraction of sp³-hybridized carbons (Fsp3) is 0.708. The molecule has 33 heavy (non-hydrogen) atoms. The molecule has 3 heterocycles. The van der Waals surface area contributed by atoms with Crippen molar-refractivity contribution in [1.29, 1.82) is 0 Å². The minimum absolute atomic E-state index is 0.0510. The van der Waals surface area contributed by atoms with Crippen molar-refractivity contribution < 1.29 is 27.1 Å². The maximum Gasteiger partial charge on any atom is 0.425 e. The SMILES string of the molecule is CC(OC(=O)N1CCC2(CCN(Cc3cc(F)cc(N4CCCCC4)c3)C2)CC1)C(F)(F)F. The lowest BCUT2D eigenvalue weighted by molar-refractivity contribution is -0.200. The second-order valence-corrected chi connectivity index (χ2v) is 9.88. The molecule has 1 amide bonds. The number of piperidine rings is 2. The van der Waals surface area contributed by atoms with E-state index in [2.05, 4.69) is 20.6 Å². The molecule has 1 atom stereocenters. The first kappa shape index (κ1) is 24.1. The lowest BCUT2D eigenvalue weighted by Crippen LogP contribution is -2.46. The van der Waals surface area contributed by atoms with Crippen LogP contribution < -0.4 is 4.90 Å². The molecule has 0 saturated carbocycles. The summed E-state index contributed by atoms with van der Waals surface area (Å²) >= 11 is 0. The Labute approximate surface area is 192 Å². The third-order valence-corrected chi connectivity index (χ3v) is 7.41. The highest BCUT2D eigenvalue weighted by atomic mass is 19.4. The van der Waals surface area contributed by atoms with E-state index in [1.807, 2.05) is 0 Å². The molecule has 0 aromatic heterocycles. The molecule has 1 spiro atoms. The van der Waals surface area contributed by atoms with E-state index in [-0.39, 0.29) is 11.2 Å². The predicted molar refractivity (Wildman–Crippen MR) is 118 cm³/mol. The number of carbonyl (C=O) groups excluding carboxylic acids is 1. The Morgan fingerprint density at radius 2 is 1.70 bits per heavy atom. The Kier molecular flexibility index (Phi) is 7.07. The van der Waals surface area contributed by atoms with E-state index in [9.17, 15) is 22.4 Å². The van der Waals surface area contributed by atoms with Gasteiger partial charge in [-0.3, -0.25) is 4.90 Å². The molecule has 0 radical (unpaired) electrons. The Balaban J connectivity index is 1.30. The lowest BCUT2D eigenvalue weighted by Gasteiger charge is -2.39. The van der Waals surface area contributed by atoms with E-state index in [0.717, 1.165) is 76.5 Å². The number of amides is 1. The van der Waals surface area contributed by atoms with Gasteiger partial charge in [0.15, 0.2) is 6.10 Å². The van der Waals surface area contributed by atoms with Crippen molar-refractivity contribution >= 4 is 11.8 Å². The number of anilines is 1. The third kappa shape index (κ3) is 5.91. The van der Waals surface area contributed by atoms with Gasteiger partial charge in [-0.1, -0.05) is 0 Å². The molecule has 5 nitrogen and oxygen atoms in total. The van der Waals surface area contributed by atoms with Crippen LogP contribution in [0.15, 0.2) is 18.2 Å². The van der Waals surface area contributed by atoms with Crippen LogP contribution in [0, 0.1) is 11.2 Å². The second-order valence-electron chi connectivity index (χ2n) is 9.88. The Morgan fingerprint density at radius 3 is 2.36 bits per heavy atom. The first-order chi connectivity index (χ1) is 15.6. The average Bonchev–Trinajstić information content (AvgIpc) is 3.15. The van der Waals surface area contributed by atoms with Crippen LogP contribution in [0.3, 0.4) is 0 Å². The second kappa shape index (κ2) is 9.68. The molecule has 0 aliphatic carbocycles. The summed E-state index contributed by atoms with van der Waals surface area (Å²) in [4.78, 5) is 18.1. The van der Waals surface area contributed by atoms with Gasteiger partial charge in [0.2, 0.25) is 0 Å². The number of carbonyl (C=O) groups is 1. The van der Waals surface area contributed by atoms with Gasteiger partial charge in [-0.05, 0) is 81.2 Å². The Morgan fingerprint density at radius 1 is 1.03 bits per heavy atom. The van der Waals surface area contributed by atoms with E-state index >= 15 is 0 Å². The maximum absolute atomic E-state index is 14.3. The van der Waals surface area contributed by atoms with Crippen LogP contribution in [0.5, 0.6) is 0 Å². The molecule has 9 heteroatoms. The van der Waals surface area contributed by atoms with Gasteiger partial charge in [0, 0.05) is 45.0 Å². The largest absolute Gasteiger partial charge is 0.437 e. The minimum Gasteiger partial charge on any atom is -0.437 e. The number of benzene rings is 1. The molecule has 1 aromatic rings. The molecule has 1 unspecified atom stereocenters. The summed E-state index contributed by atoms with van der Waals surface area (Å²) < 4.78 is 56.9. The summed E-state index contributed by atoms with van der Waals surface area (Å²) in [5.41, 5.74) is 1.98. The van der Waals surface area contributed by atoms with Crippen LogP contribution in [0.25, 0.3) is 0 Å². The fourth-order valence-electron chi connectivity index (χ4n) is 5.34. The van der Waals surface area contributed by atoms with E-state index in [0.29, 0.717) is 19.6 Å². The zero-order chi connectivity index (χ0) is 23.6. The number of ether oxygens (including phenoxy) is 1. The van der Waals surface area contributed by atoms with Crippen molar-refractivity contribution in [3.8, 4) is 0 Å². The van der Waals surface area contributed by atoms with E-state index in [1.54, 1.807) is 12.1 Å². The van der Waals surface area contributed by atoms with Crippen molar-refractivity contribution in [1.82, 2.24) is 9.80 Å². The van der Waals surface area contributed by atoms with Crippen molar-refractivity contribution in [3.63, 3.8) is 0 Å². The monoisotopic (exact) mass is 471 g/mol. The summed E-state index contributed by atoms with van der Waals surface area (Å²) in [5, 5.41) is 0. The van der Waals surface area contributed by atoms with Gasteiger partial charge in [-0.15, -0.1) is 0 Å². The van der Waals surface area contributed by atoms with Gasteiger partial charge >= 0.3 is 12.3 Å². The number of rotatable bonds is 4. The first-order valence-corrected chi connectivity index (χ1v) is 11.9. The topological polar surface area (TPSA) is 36.0 Å². The van der Waals surface area contributed by atoms with Gasteiger partial charge < -0.3 is 14.5 Å².